The van der Waals surface area contributed by atoms with Crippen LogP contribution in [0.25, 0.3) is 11.0 Å². The number of β-amino-alcohol motifs (C(OH)–C–C–N with tert-alkyl or cyclic N) is 1. The first-order valence-electron chi connectivity index (χ1n) is 17.1. The molecule has 2 aromatic carbocycles. The van der Waals surface area contributed by atoms with Crippen molar-refractivity contribution in [1.29, 1.82) is 0 Å². The number of likely N-dealkylation sites (N-methyl/N-ethyl adjacent to an activating group) is 1. The number of aromatic nitrogens is 3. The van der Waals surface area contributed by atoms with Crippen molar-refractivity contribution in [3.05, 3.63) is 85.5 Å². The molecule has 14 heteroatoms. The number of carbonyl (C=O) groups is 4. The molecule has 3 saturated heterocycles. The van der Waals surface area contributed by atoms with Crippen LogP contribution in [0, 0.1) is 11.8 Å². The maximum atomic E-state index is 14.7. The van der Waals surface area contributed by atoms with Crippen LogP contribution in [0.4, 0.5) is 0 Å². The zero-order valence-corrected chi connectivity index (χ0v) is 30.3. The van der Waals surface area contributed by atoms with Crippen molar-refractivity contribution in [2.24, 2.45) is 11.8 Å². The lowest BCUT2D eigenvalue weighted by Crippen LogP contribution is -2.57. The smallest absolute Gasteiger partial charge is 0.313 e. The number of halogens is 1. The van der Waals surface area contributed by atoms with E-state index < -0.39 is 66.1 Å². The van der Waals surface area contributed by atoms with Gasteiger partial charge < -0.3 is 29.3 Å². The molecule has 3 aromatic rings. The summed E-state index contributed by atoms with van der Waals surface area (Å²) in [5.74, 6) is -3.77. The number of nitrogens with zero attached hydrogens (tertiary/aromatic N) is 6. The fourth-order valence-corrected chi connectivity index (χ4v) is 8.82. The number of aliphatic hydroxyl groups excluding tert-OH is 1. The first-order chi connectivity index (χ1) is 24.6. The van der Waals surface area contributed by atoms with Gasteiger partial charge in [-0.05, 0) is 37.5 Å². The fraction of sp³-hybridized carbons (Fsp3) is 0.459. The number of carbonyl (C=O) groups excluding carboxylic acids is 4. The molecule has 3 fully saturated rings. The molecular weight excluding hydrogens is 720 g/mol. The first-order valence-corrected chi connectivity index (χ1v) is 18.0. The molecule has 3 aliphatic rings. The Balaban J connectivity index is 1.32. The number of hydrogen-bond acceptors (Lipinski definition) is 9. The molecule has 13 nitrogen and oxygen atoms in total. The average Bonchev–Trinajstić information content (AvgIpc) is 3.86. The van der Waals surface area contributed by atoms with Crippen LogP contribution in [0.3, 0.4) is 0 Å². The lowest BCUT2D eigenvalue weighted by atomic mass is 9.70. The van der Waals surface area contributed by atoms with Crippen LogP contribution in [0.2, 0.25) is 0 Å². The van der Waals surface area contributed by atoms with Gasteiger partial charge in [0.15, 0.2) is 0 Å². The van der Waals surface area contributed by atoms with Gasteiger partial charge in [0.1, 0.15) is 29.9 Å². The van der Waals surface area contributed by atoms with Crippen LogP contribution in [-0.4, -0.2) is 114 Å². The number of amides is 3. The summed E-state index contributed by atoms with van der Waals surface area (Å²) in [5.41, 5.74) is 0.698. The molecule has 270 valence electrons. The van der Waals surface area contributed by atoms with E-state index in [-0.39, 0.29) is 43.3 Å². The number of hydrogen-bond donors (Lipinski definition) is 1. The van der Waals surface area contributed by atoms with Crippen LogP contribution in [0.15, 0.2) is 79.9 Å². The van der Waals surface area contributed by atoms with Gasteiger partial charge in [-0.3, -0.25) is 19.2 Å². The van der Waals surface area contributed by atoms with Crippen molar-refractivity contribution >= 4 is 50.7 Å². The molecule has 1 unspecified atom stereocenters. The van der Waals surface area contributed by atoms with E-state index in [4.69, 9.17) is 9.47 Å². The number of esters is 1. The maximum absolute atomic E-state index is 14.7. The monoisotopic (exact) mass is 762 g/mol. The van der Waals surface area contributed by atoms with Crippen molar-refractivity contribution in [2.45, 2.75) is 67.6 Å². The van der Waals surface area contributed by atoms with E-state index in [2.05, 4.69) is 39.4 Å². The second-order valence-electron chi connectivity index (χ2n) is 13.3. The van der Waals surface area contributed by atoms with E-state index in [0.717, 1.165) is 5.52 Å². The minimum atomic E-state index is -1.37. The van der Waals surface area contributed by atoms with Crippen molar-refractivity contribution in [2.75, 3.05) is 26.7 Å². The lowest BCUT2D eigenvalue weighted by Gasteiger charge is -2.37. The van der Waals surface area contributed by atoms with Gasteiger partial charge in [-0.1, -0.05) is 75.8 Å². The van der Waals surface area contributed by atoms with Gasteiger partial charge >= 0.3 is 5.97 Å². The molecule has 0 saturated carbocycles. The summed E-state index contributed by atoms with van der Waals surface area (Å²) >= 11 is 3.70. The van der Waals surface area contributed by atoms with Crippen molar-refractivity contribution in [3.63, 3.8) is 0 Å². The minimum absolute atomic E-state index is 0.0199. The van der Waals surface area contributed by atoms with Gasteiger partial charge in [-0.2, -0.15) is 0 Å². The normalized spacial score (nSPS) is 26.1. The van der Waals surface area contributed by atoms with E-state index in [0.29, 0.717) is 17.5 Å². The standard InChI is InChI=1S/C37H43BrN6O7/c1-5-7-17-28(46)41(4)23(3)31(24-13-9-8-10-14-24)50-36(49)29-30-34(47)43(19-20-45)33(37(30)21-25(38)32(29)51-37)35(48)42(18-6-2)22-44-27-16-12-11-15-26(27)39-40-44/h5-6,8-16,23,25,29-33,45H,1-2,7,17-22H2,3-4H3/t23-,25?,29-,30+,31+,32-,33-,37+/m1/s1. The molecule has 0 radical (unpaired) electrons. The van der Waals surface area contributed by atoms with Gasteiger partial charge in [-0.15, -0.1) is 18.3 Å². The highest BCUT2D eigenvalue weighted by Gasteiger charge is 2.77. The summed E-state index contributed by atoms with van der Waals surface area (Å²) in [6, 6.07) is 14.8. The predicted octanol–water partition coefficient (Wildman–Crippen LogP) is 3.24. The van der Waals surface area contributed by atoms with Crippen LogP contribution in [0.5, 0.6) is 0 Å². The third-order valence-corrected chi connectivity index (χ3v) is 11.2. The Bertz CT molecular complexity index is 1800. The molecule has 8 atom stereocenters. The molecule has 1 N–H and O–H groups in total. The molecule has 2 bridgehead atoms. The number of ether oxygens (including phenoxy) is 2. The quantitative estimate of drug-likeness (QED) is 0.140. The number of alkyl halides is 1. The average molecular weight is 764 g/mol. The highest BCUT2D eigenvalue weighted by molar-refractivity contribution is 9.09. The van der Waals surface area contributed by atoms with Gasteiger partial charge in [0.25, 0.3) is 0 Å². The van der Waals surface area contributed by atoms with E-state index in [1.807, 2.05) is 61.5 Å². The van der Waals surface area contributed by atoms with E-state index >= 15 is 0 Å². The Hall–Kier alpha value is -4.40. The highest BCUT2D eigenvalue weighted by atomic mass is 79.9. The van der Waals surface area contributed by atoms with E-state index in [1.54, 1.807) is 28.8 Å². The van der Waals surface area contributed by atoms with Crippen molar-refractivity contribution in [1.82, 2.24) is 29.7 Å². The zero-order chi connectivity index (χ0) is 36.4. The maximum Gasteiger partial charge on any atom is 0.313 e. The minimum Gasteiger partial charge on any atom is -0.455 e. The Kier molecular flexibility index (Phi) is 10.7. The Morgan fingerprint density at radius 3 is 2.59 bits per heavy atom. The van der Waals surface area contributed by atoms with E-state index in [1.165, 1.54) is 9.80 Å². The number of rotatable bonds is 15. The summed E-state index contributed by atoms with van der Waals surface area (Å²) in [6.07, 6.45) is 2.69. The molecule has 1 spiro atoms. The largest absolute Gasteiger partial charge is 0.455 e. The lowest BCUT2D eigenvalue weighted by molar-refractivity contribution is -0.164. The van der Waals surface area contributed by atoms with Crippen LogP contribution in [-0.2, 0) is 35.3 Å². The topological polar surface area (TPSA) is 147 Å². The van der Waals surface area contributed by atoms with Crippen LogP contribution < -0.4 is 0 Å². The molecule has 3 amide bonds. The second kappa shape index (κ2) is 15.1. The zero-order valence-electron chi connectivity index (χ0n) is 28.7. The third-order valence-electron chi connectivity index (χ3n) is 10.4. The molecule has 0 aliphatic carbocycles. The van der Waals surface area contributed by atoms with Crippen LogP contribution in [0.1, 0.15) is 37.9 Å². The number of aliphatic hydroxyl groups is 1. The Morgan fingerprint density at radius 1 is 1.16 bits per heavy atom. The second-order valence-corrected chi connectivity index (χ2v) is 14.5. The highest BCUT2D eigenvalue weighted by Crippen LogP contribution is 2.60. The van der Waals surface area contributed by atoms with Crippen molar-refractivity contribution < 1.29 is 33.8 Å². The van der Waals surface area contributed by atoms with Gasteiger partial charge in [-0.25, -0.2) is 4.68 Å². The number of fused-ring (bicyclic) bond motifs is 2. The molecular formula is C37H43BrN6O7. The summed E-state index contributed by atoms with van der Waals surface area (Å²) in [7, 11) is 1.67. The van der Waals surface area contributed by atoms with E-state index in [9.17, 15) is 24.3 Å². The first kappa shape index (κ1) is 36.4. The van der Waals surface area contributed by atoms with Gasteiger partial charge in [0, 0.05) is 31.4 Å². The third kappa shape index (κ3) is 6.49. The summed E-state index contributed by atoms with van der Waals surface area (Å²) in [4.78, 5) is 60.6. The number of allylic oxidation sites excluding steroid dienone is 1. The molecule has 51 heavy (non-hydrogen) atoms. The number of likely N-dealkylation sites (tertiary alicyclic amines) is 1. The fourth-order valence-electron chi connectivity index (χ4n) is 7.88. The number of benzene rings is 2. The summed E-state index contributed by atoms with van der Waals surface area (Å²) < 4.78 is 14.5. The molecule has 1 aromatic heterocycles. The van der Waals surface area contributed by atoms with Gasteiger partial charge in [0.2, 0.25) is 17.7 Å². The summed E-state index contributed by atoms with van der Waals surface area (Å²) in [6.45, 7) is 8.98. The molecule has 4 heterocycles. The molecule has 6 rings (SSSR count). The van der Waals surface area contributed by atoms with Crippen LogP contribution >= 0.6 is 15.9 Å². The summed E-state index contributed by atoms with van der Waals surface area (Å²) in [5, 5.41) is 18.5. The van der Waals surface area contributed by atoms with Crippen molar-refractivity contribution in [3.8, 4) is 0 Å². The Morgan fingerprint density at radius 2 is 1.88 bits per heavy atom. The van der Waals surface area contributed by atoms with Gasteiger partial charge in [0.05, 0.1) is 36.1 Å². The predicted molar refractivity (Wildman–Crippen MR) is 191 cm³/mol. The Labute approximate surface area is 305 Å². The SMILES string of the molecule is C=CCCC(=O)N(C)[C@H](C)[C@H](OC(=O)[C@H]1[C@@H]2O[C@@]3(CC2Br)[C@@H]1C(=O)N(CCO)[C@@H]3C(=O)N(CC=C)Cn1nnc2ccccc21)c1ccccc1. The number of para-hydroxylation sites is 1. The molecule has 3 aliphatic heterocycles.